The Labute approximate surface area is 161 Å². The molecule has 7 heteroatoms. The summed E-state index contributed by atoms with van der Waals surface area (Å²) in [4.78, 5) is 7.25. The molecule has 1 unspecified atom stereocenters. The highest BCUT2D eigenvalue weighted by molar-refractivity contribution is 5.80. The Bertz CT molecular complexity index is 767. The summed E-state index contributed by atoms with van der Waals surface area (Å²) < 4.78 is 7.24. The molecule has 0 radical (unpaired) electrons. The summed E-state index contributed by atoms with van der Waals surface area (Å²) in [6, 6.07) is 8.07. The van der Waals surface area contributed by atoms with Gasteiger partial charge in [0, 0.05) is 20.1 Å². The summed E-state index contributed by atoms with van der Waals surface area (Å²) in [7, 11) is 3.67. The van der Waals surface area contributed by atoms with Crippen LogP contribution in [-0.4, -0.2) is 45.8 Å². The number of guanidine groups is 1. The van der Waals surface area contributed by atoms with Crippen LogP contribution in [0.1, 0.15) is 37.0 Å². The van der Waals surface area contributed by atoms with Crippen LogP contribution in [0.4, 0.5) is 0 Å². The number of hydrogen-bond acceptors (Lipinski definition) is 4. The Morgan fingerprint density at radius 1 is 1.30 bits per heavy atom. The third kappa shape index (κ3) is 4.99. The van der Waals surface area contributed by atoms with Crippen LogP contribution in [0, 0.1) is 12.8 Å². The first kappa shape index (κ1) is 19.2. The number of piperidine rings is 1. The van der Waals surface area contributed by atoms with E-state index in [1.165, 1.54) is 12.8 Å². The van der Waals surface area contributed by atoms with Crippen LogP contribution in [0.25, 0.3) is 0 Å². The molecule has 7 nitrogen and oxygen atoms in total. The summed E-state index contributed by atoms with van der Waals surface area (Å²) in [5.74, 6) is 4.32. The monoisotopic (exact) mass is 370 g/mol. The van der Waals surface area contributed by atoms with Crippen molar-refractivity contribution in [1.82, 2.24) is 25.0 Å². The van der Waals surface area contributed by atoms with Crippen LogP contribution >= 0.6 is 0 Å². The molecule has 0 saturated carbocycles. The van der Waals surface area contributed by atoms with Gasteiger partial charge in [0.2, 0.25) is 0 Å². The molecule has 1 saturated heterocycles. The lowest BCUT2D eigenvalue weighted by atomic mass is 10.0. The highest BCUT2D eigenvalue weighted by atomic mass is 16.5. The number of ether oxygens (including phenoxy) is 1. The number of hydrogen-bond donors (Lipinski definition) is 1. The predicted octanol–water partition coefficient (Wildman–Crippen LogP) is 2.51. The van der Waals surface area contributed by atoms with Gasteiger partial charge in [-0.1, -0.05) is 19.1 Å². The third-order valence-electron chi connectivity index (χ3n) is 5.11. The van der Waals surface area contributed by atoms with Crippen molar-refractivity contribution in [3.05, 3.63) is 41.5 Å². The standard InChI is InChI=1S/C20H30N6O/c1-15-6-5-11-26(14-15)20(22-13-19-24-23-16(2)25(19)3)21-12-17-7-9-18(27-4)10-8-17/h7-10,15H,5-6,11-14H2,1-4H3,(H,21,22). The second-order valence-electron chi connectivity index (χ2n) is 7.26. The molecular weight excluding hydrogens is 340 g/mol. The number of benzene rings is 1. The Hall–Kier alpha value is -2.57. The quantitative estimate of drug-likeness (QED) is 0.647. The fraction of sp³-hybridized carbons (Fsp3) is 0.550. The van der Waals surface area contributed by atoms with E-state index in [4.69, 9.17) is 9.73 Å². The van der Waals surface area contributed by atoms with Gasteiger partial charge in [0.1, 0.15) is 11.6 Å². The molecule has 1 atom stereocenters. The van der Waals surface area contributed by atoms with Gasteiger partial charge in [-0.2, -0.15) is 0 Å². The Morgan fingerprint density at radius 3 is 2.70 bits per heavy atom. The maximum absolute atomic E-state index is 5.23. The van der Waals surface area contributed by atoms with E-state index < -0.39 is 0 Å². The fourth-order valence-electron chi connectivity index (χ4n) is 3.31. The summed E-state index contributed by atoms with van der Waals surface area (Å²) in [6.07, 6.45) is 2.48. The van der Waals surface area contributed by atoms with Crippen LogP contribution in [0.5, 0.6) is 5.75 Å². The molecule has 1 aromatic carbocycles. The molecule has 1 fully saturated rings. The normalized spacial score (nSPS) is 17.9. The lowest BCUT2D eigenvalue weighted by molar-refractivity contribution is 0.265. The number of nitrogens with zero attached hydrogens (tertiary/aromatic N) is 5. The van der Waals surface area contributed by atoms with Gasteiger partial charge in [0.15, 0.2) is 11.8 Å². The van der Waals surface area contributed by atoms with Crippen LogP contribution in [-0.2, 0) is 20.1 Å². The van der Waals surface area contributed by atoms with E-state index in [1.807, 2.05) is 30.7 Å². The highest BCUT2D eigenvalue weighted by Crippen LogP contribution is 2.16. The summed E-state index contributed by atoms with van der Waals surface area (Å²) in [5.41, 5.74) is 1.16. The van der Waals surface area contributed by atoms with E-state index in [-0.39, 0.29) is 0 Å². The zero-order valence-corrected chi connectivity index (χ0v) is 16.8. The van der Waals surface area contributed by atoms with E-state index in [9.17, 15) is 0 Å². The lowest BCUT2D eigenvalue weighted by Crippen LogP contribution is -2.46. The number of rotatable bonds is 5. The number of nitrogens with one attached hydrogen (secondary N) is 1. The van der Waals surface area contributed by atoms with Gasteiger partial charge in [-0.3, -0.25) is 0 Å². The minimum absolute atomic E-state index is 0.615. The molecule has 1 aromatic heterocycles. The minimum atomic E-state index is 0.615. The van der Waals surface area contributed by atoms with Crippen molar-refractivity contribution >= 4 is 5.96 Å². The topological polar surface area (TPSA) is 67.6 Å². The van der Waals surface area contributed by atoms with Gasteiger partial charge < -0.3 is 19.5 Å². The molecule has 2 aromatic rings. The largest absolute Gasteiger partial charge is 0.497 e. The first-order chi connectivity index (χ1) is 13.1. The van der Waals surface area contributed by atoms with Gasteiger partial charge in [-0.15, -0.1) is 10.2 Å². The SMILES string of the molecule is COc1ccc(CN=C(NCc2nnc(C)n2C)N2CCCC(C)C2)cc1. The summed E-state index contributed by atoms with van der Waals surface area (Å²) in [5, 5.41) is 11.9. The molecule has 1 aliphatic heterocycles. The van der Waals surface area contributed by atoms with Crippen molar-refractivity contribution in [3.8, 4) is 5.75 Å². The van der Waals surface area contributed by atoms with Crippen LogP contribution in [0.3, 0.4) is 0 Å². The van der Waals surface area contributed by atoms with Gasteiger partial charge in [-0.05, 0) is 43.4 Å². The molecule has 3 rings (SSSR count). The molecule has 0 bridgehead atoms. The van der Waals surface area contributed by atoms with E-state index in [2.05, 4.69) is 39.5 Å². The molecule has 0 spiro atoms. The van der Waals surface area contributed by atoms with Crippen LogP contribution in [0.15, 0.2) is 29.3 Å². The van der Waals surface area contributed by atoms with Crippen molar-refractivity contribution in [2.24, 2.45) is 18.0 Å². The molecule has 1 N–H and O–H groups in total. The molecular formula is C20H30N6O. The average molecular weight is 371 g/mol. The summed E-state index contributed by atoms with van der Waals surface area (Å²) >= 11 is 0. The maximum Gasteiger partial charge on any atom is 0.194 e. The lowest BCUT2D eigenvalue weighted by Gasteiger charge is -2.33. The van der Waals surface area contributed by atoms with Crippen molar-refractivity contribution in [2.75, 3.05) is 20.2 Å². The van der Waals surface area contributed by atoms with Gasteiger partial charge in [0.25, 0.3) is 0 Å². The van der Waals surface area contributed by atoms with Crippen molar-refractivity contribution in [2.45, 2.75) is 39.8 Å². The maximum atomic E-state index is 5.23. The number of aryl methyl sites for hydroxylation is 1. The second kappa shape index (κ2) is 8.88. The smallest absolute Gasteiger partial charge is 0.194 e. The van der Waals surface area contributed by atoms with Gasteiger partial charge >= 0.3 is 0 Å². The second-order valence-corrected chi connectivity index (χ2v) is 7.26. The van der Waals surface area contributed by atoms with E-state index in [0.29, 0.717) is 19.0 Å². The van der Waals surface area contributed by atoms with E-state index in [1.54, 1.807) is 7.11 Å². The zero-order valence-electron chi connectivity index (χ0n) is 16.8. The summed E-state index contributed by atoms with van der Waals surface area (Å²) in [6.45, 7) is 7.59. The van der Waals surface area contributed by atoms with Crippen LogP contribution < -0.4 is 10.1 Å². The molecule has 0 aliphatic carbocycles. The molecule has 0 amide bonds. The van der Waals surface area contributed by atoms with Crippen molar-refractivity contribution < 1.29 is 4.74 Å². The van der Waals surface area contributed by atoms with Gasteiger partial charge in [-0.25, -0.2) is 4.99 Å². The predicted molar refractivity (Wildman–Crippen MR) is 107 cm³/mol. The average Bonchev–Trinajstić information content (AvgIpc) is 3.00. The number of likely N-dealkylation sites (tertiary alicyclic amines) is 1. The Morgan fingerprint density at radius 2 is 2.07 bits per heavy atom. The highest BCUT2D eigenvalue weighted by Gasteiger charge is 2.20. The minimum Gasteiger partial charge on any atom is -0.497 e. The van der Waals surface area contributed by atoms with Crippen molar-refractivity contribution in [3.63, 3.8) is 0 Å². The molecule has 1 aliphatic rings. The Balaban J connectivity index is 1.72. The number of aromatic nitrogens is 3. The molecule has 27 heavy (non-hydrogen) atoms. The van der Waals surface area contributed by atoms with Crippen molar-refractivity contribution in [1.29, 1.82) is 0 Å². The number of aliphatic imine (C=N–C) groups is 1. The van der Waals surface area contributed by atoms with Gasteiger partial charge in [0.05, 0.1) is 20.2 Å². The number of methoxy groups -OCH3 is 1. The Kier molecular flexibility index (Phi) is 6.32. The molecule has 146 valence electrons. The third-order valence-corrected chi connectivity index (χ3v) is 5.11. The molecule has 2 heterocycles. The van der Waals surface area contributed by atoms with Crippen LogP contribution in [0.2, 0.25) is 0 Å². The van der Waals surface area contributed by atoms with E-state index in [0.717, 1.165) is 42.0 Å². The first-order valence-corrected chi connectivity index (χ1v) is 9.58. The zero-order chi connectivity index (χ0) is 19.2. The van der Waals surface area contributed by atoms with E-state index >= 15 is 0 Å². The first-order valence-electron chi connectivity index (χ1n) is 9.58. The fourth-order valence-corrected chi connectivity index (χ4v) is 3.31.